The number of para-hydroxylation sites is 2. The van der Waals surface area contributed by atoms with Crippen LogP contribution in [0.4, 0.5) is 11.4 Å². The van der Waals surface area contributed by atoms with Gasteiger partial charge in [0.2, 0.25) is 5.91 Å². The standard InChI is InChI=1S/C16H18N2O2/c1-12-5-4-6-13(11-12)18-16(19)9-10-20-15-8-3-2-7-14(15)17/h2-8,11H,9-10,17H2,1H3,(H,18,19). The van der Waals surface area contributed by atoms with Crippen LogP contribution in [0.1, 0.15) is 12.0 Å². The van der Waals surface area contributed by atoms with Crippen molar-refractivity contribution >= 4 is 17.3 Å². The summed E-state index contributed by atoms with van der Waals surface area (Å²) in [6.45, 7) is 2.28. The van der Waals surface area contributed by atoms with Gasteiger partial charge in [0.15, 0.2) is 0 Å². The van der Waals surface area contributed by atoms with E-state index in [9.17, 15) is 4.79 Å². The minimum absolute atomic E-state index is 0.0786. The maximum Gasteiger partial charge on any atom is 0.227 e. The van der Waals surface area contributed by atoms with E-state index in [1.807, 2.05) is 43.3 Å². The molecule has 1 amide bonds. The second-order valence-corrected chi connectivity index (χ2v) is 4.55. The summed E-state index contributed by atoms with van der Waals surface area (Å²) in [4.78, 5) is 11.8. The second-order valence-electron chi connectivity index (χ2n) is 4.55. The van der Waals surface area contributed by atoms with Crippen LogP contribution < -0.4 is 15.8 Å². The lowest BCUT2D eigenvalue weighted by Crippen LogP contribution is -2.15. The highest BCUT2D eigenvalue weighted by molar-refractivity contribution is 5.90. The van der Waals surface area contributed by atoms with Crippen LogP contribution in [0.2, 0.25) is 0 Å². The van der Waals surface area contributed by atoms with Gasteiger partial charge >= 0.3 is 0 Å². The van der Waals surface area contributed by atoms with E-state index >= 15 is 0 Å². The van der Waals surface area contributed by atoms with Crippen molar-refractivity contribution in [2.45, 2.75) is 13.3 Å². The molecule has 0 heterocycles. The third-order valence-corrected chi connectivity index (χ3v) is 2.81. The molecule has 3 N–H and O–H groups in total. The molecule has 0 fully saturated rings. The number of carbonyl (C=O) groups is 1. The molecule has 0 saturated heterocycles. The number of amides is 1. The van der Waals surface area contributed by atoms with E-state index in [0.29, 0.717) is 18.0 Å². The highest BCUT2D eigenvalue weighted by atomic mass is 16.5. The normalized spacial score (nSPS) is 10.1. The minimum Gasteiger partial charge on any atom is -0.491 e. The van der Waals surface area contributed by atoms with E-state index in [4.69, 9.17) is 10.5 Å². The van der Waals surface area contributed by atoms with Gasteiger partial charge in [-0.2, -0.15) is 0 Å². The first-order chi connectivity index (χ1) is 9.65. The molecule has 2 rings (SSSR count). The number of hydrogen-bond donors (Lipinski definition) is 2. The van der Waals surface area contributed by atoms with E-state index in [-0.39, 0.29) is 12.3 Å². The number of nitrogen functional groups attached to an aromatic ring is 1. The molecule has 0 aliphatic heterocycles. The number of nitrogens with two attached hydrogens (primary N) is 1. The summed E-state index contributed by atoms with van der Waals surface area (Å²) in [5.74, 6) is 0.529. The first kappa shape index (κ1) is 13.9. The molecule has 0 radical (unpaired) electrons. The molecule has 0 saturated carbocycles. The fraction of sp³-hybridized carbons (Fsp3) is 0.188. The number of ether oxygens (including phenoxy) is 1. The summed E-state index contributed by atoms with van der Waals surface area (Å²) in [6, 6.07) is 14.9. The van der Waals surface area contributed by atoms with Gasteiger partial charge in [-0.25, -0.2) is 0 Å². The molecule has 4 nitrogen and oxygen atoms in total. The van der Waals surface area contributed by atoms with Gasteiger partial charge in [-0.3, -0.25) is 4.79 Å². The van der Waals surface area contributed by atoms with Crippen molar-refractivity contribution in [1.82, 2.24) is 0 Å². The Balaban J connectivity index is 1.80. The number of carbonyl (C=O) groups excluding carboxylic acids is 1. The van der Waals surface area contributed by atoms with E-state index in [2.05, 4.69) is 5.32 Å². The molecule has 4 heteroatoms. The zero-order chi connectivity index (χ0) is 14.4. The molecule has 0 unspecified atom stereocenters. The lowest BCUT2D eigenvalue weighted by Gasteiger charge is -2.09. The Labute approximate surface area is 118 Å². The molecular formula is C16H18N2O2. The van der Waals surface area contributed by atoms with Crippen LogP contribution in [-0.2, 0) is 4.79 Å². The predicted octanol–water partition coefficient (Wildman–Crippen LogP) is 2.98. The average Bonchev–Trinajstić information content (AvgIpc) is 2.41. The third kappa shape index (κ3) is 4.02. The van der Waals surface area contributed by atoms with E-state index in [1.54, 1.807) is 12.1 Å². The Morgan fingerprint density at radius 3 is 2.75 bits per heavy atom. The monoisotopic (exact) mass is 270 g/mol. The Bertz CT molecular complexity index is 597. The molecule has 2 aromatic rings. The van der Waals surface area contributed by atoms with Crippen LogP contribution in [0.5, 0.6) is 5.75 Å². The fourth-order valence-corrected chi connectivity index (χ4v) is 1.81. The lowest BCUT2D eigenvalue weighted by atomic mass is 10.2. The van der Waals surface area contributed by atoms with Gasteiger partial charge in [-0.1, -0.05) is 24.3 Å². The zero-order valence-electron chi connectivity index (χ0n) is 11.4. The number of aryl methyl sites for hydroxylation is 1. The Morgan fingerprint density at radius 1 is 1.20 bits per heavy atom. The van der Waals surface area contributed by atoms with Crippen LogP contribution in [0, 0.1) is 6.92 Å². The van der Waals surface area contributed by atoms with Gasteiger partial charge in [0.1, 0.15) is 5.75 Å². The zero-order valence-corrected chi connectivity index (χ0v) is 11.4. The topological polar surface area (TPSA) is 64.3 Å². The number of anilines is 2. The minimum atomic E-state index is -0.0786. The van der Waals surface area contributed by atoms with Crippen molar-refractivity contribution in [1.29, 1.82) is 0 Å². The average molecular weight is 270 g/mol. The second kappa shape index (κ2) is 6.61. The summed E-state index contributed by atoms with van der Waals surface area (Å²) >= 11 is 0. The van der Waals surface area contributed by atoms with Crippen molar-refractivity contribution in [2.24, 2.45) is 0 Å². The summed E-state index contributed by atoms with van der Waals surface area (Å²) in [5.41, 5.74) is 8.24. The SMILES string of the molecule is Cc1cccc(NC(=O)CCOc2ccccc2N)c1. The van der Waals surface area contributed by atoms with Crippen LogP contribution in [0.3, 0.4) is 0 Å². The Hall–Kier alpha value is -2.49. The van der Waals surface area contributed by atoms with Gasteiger partial charge in [0, 0.05) is 5.69 Å². The predicted molar refractivity (Wildman–Crippen MR) is 80.8 cm³/mol. The van der Waals surface area contributed by atoms with Gasteiger partial charge in [0.05, 0.1) is 18.7 Å². The van der Waals surface area contributed by atoms with Crippen LogP contribution in [-0.4, -0.2) is 12.5 Å². The van der Waals surface area contributed by atoms with E-state index < -0.39 is 0 Å². The first-order valence-corrected chi connectivity index (χ1v) is 6.49. The van der Waals surface area contributed by atoms with Crippen LogP contribution in [0.15, 0.2) is 48.5 Å². The van der Waals surface area contributed by atoms with Crippen LogP contribution in [0.25, 0.3) is 0 Å². The molecule has 0 aliphatic rings. The first-order valence-electron chi connectivity index (χ1n) is 6.49. The molecule has 0 atom stereocenters. The molecule has 0 spiro atoms. The molecule has 0 aromatic heterocycles. The van der Waals surface area contributed by atoms with E-state index in [0.717, 1.165) is 11.3 Å². The van der Waals surface area contributed by atoms with Crippen molar-refractivity contribution in [3.63, 3.8) is 0 Å². The third-order valence-electron chi connectivity index (χ3n) is 2.81. The Morgan fingerprint density at radius 2 is 2.00 bits per heavy atom. The van der Waals surface area contributed by atoms with Crippen molar-refractivity contribution in [2.75, 3.05) is 17.7 Å². The number of nitrogens with one attached hydrogen (secondary N) is 1. The maximum atomic E-state index is 11.8. The summed E-state index contributed by atoms with van der Waals surface area (Å²) in [5, 5.41) is 2.83. The molecule has 0 aliphatic carbocycles. The van der Waals surface area contributed by atoms with Gasteiger partial charge in [-0.05, 0) is 36.8 Å². The van der Waals surface area contributed by atoms with Crippen LogP contribution >= 0.6 is 0 Å². The number of benzene rings is 2. The summed E-state index contributed by atoms with van der Waals surface area (Å²) in [6.07, 6.45) is 0.280. The van der Waals surface area contributed by atoms with Gasteiger partial charge in [0.25, 0.3) is 0 Å². The Kier molecular flexibility index (Phi) is 4.60. The number of rotatable bonds is 5. The van der Waals surface area contributed by atoms with Gasteiger partial charge < -0.3 is 15.8 Å². The molecule has 0 bridgehead atoms. The lowest BCUT2D eigenvalue weighted by molar-refractivity contribution is -0.116. The summed E-state index contributed by atoms with van der Waals surface area (Å²) < 4.78 is 5.48. The maximum absolute atomic E-state index is 11.8. The fourth-order valence-electron chi connectivity index (χ4n) is 1.81. The molecule has 20 heavy (non-hydrogen) atoms. The quantitative estimate of drug-likeness (QED) is 0.821. The van der Waals surface area contributed by atoms with Crippen molar-refractivity contribution < 1.29 is 9.53 Å². The largest absolute Gasteiger partial charge is 0.491 e. The van der Waals surface area contributed by atoms with Gasteiger partial charge in [-0.15, -0.1) is 0 Å². The molecule has 104 valence electrons. The van der Waals surface area contributed by atoms with Crippen molar-refractivity contribution in [3.8, 4) is 5.75 Å². The molecule has 2 aromatic carbocycles. The highest BCUT2D eigenvalue weighted by Gasteiger charge is 2.04. The van der Waals surface area contributed by atoms with Crippen molar-refractivity contribution in [3.05, 3.63) is 54.1 Å². The smallest absolute Gasteiger partial charge is 0.227 e. The number of hydrogen-bond acceptors (Lipinski definition) is 3. The molecular weight excluding hydrogens is 252 g/mol. The summed E-state index contributed by atoms with van der Waals surface area (Å²) in [7, 11) is 0. The highest BCUT2D eigenvalue weighted by Crippen LogP contribution is 2.19. The van der Waals surface area contributed by atoms with E-state index in [1.165, 1.54) is 0 Å².